The lowest BCUT2D eigenvalue weighted by Crippen LogP contribution is -2.28. The van der Waals surface area contributed by atoms with E-state index in [2.05, 4.69) is 15.5 Å². The van der Waals surface area contributed by atoms with Gasteiger partial charge in [-0.15, -0.1) is 0 Å². The number of carbonyl (C=O) groups excluding carboxylic acids is 1. The van der Waals surface area contributed by atoms with Crippen molar-refractivity contribution in [2.75, 3.05) is 18.0 Å². The second-order valence-corrected chi connectivity index (χ2v) is 5.92. The number of aromatic amines is 1. The van der Waals surface area contributed by atoms with Gasteiger partial charge in [0, 0.05) is 6.54 Å². The normalized spacial score (nSPS) is 11.5. The average molecular weight is 289 g/mol. The zero-order valence-electron chi connectivity index (χ0n) is 10.8. The topological polar surface area (TPSA) is 144 Å². The molecule has 9 heteroatoms. The molecule has 0 aromatic carbocycles. The Hall–Kier alpha value is -1.61. The van der Waals surface area contributed by atoms with Crippen LogP contribution in [-0.2, 0) is 16.4 Å². The van der Waals surface area contributed by atoms with Crippen LogP contribution < -0.4 is 16.2 Å². The summed E-state index contributed by atoms with van der Waals surface area (Å²) >= 11 is 0. The lowest BCUT2D eigenvalue weighted by Gasteiger charge is -2.03. The summed E-state index contributed by atoms with van der Waals surface area (Å²) in [4.78, 5) is 11.8. The van der Waals surface area contributed by atoms with E-state index >= 15 is 0 Å². The molecule has 0 bridgehead atoms. The molecule has 1 rings (SSSR count). The molecule has 1 amide bonds. The summed E-state index contributed by atoms with van der Waals surface area (Å²) in [5.74, 6) is -0.602. The summed E-state index contributed by atoms with van der Waals surface area (Å²) in [6, 6.07) is 0. The molecule has 0 atom stereocenters. The molecule has 0 aliphatic carbocycles. The molecule has 0 spiro atoms. The molecule has 19 heavy (non-hydrogen) atoms. The number of nitrogens with zero attached hydrogens (tertiary/aromatic N) is 1. The van der Waals surface area contributed by atoms with Gasteiger partial charge in [0.05, 0.1) is 17.1 Å². The van der Waals surface area contributed by atoms with E-state index in [4.69, 9.17) is 10.9 Å². The van der Waals surface area contributed by atoms with E-state index in [0.717, 1.165) is 18.5 Å². The minimum absolute atomic E-state index is 0.138. The van der Waals surface area contributed by atoms with E-state index in [1.54, 1.807) is 0 Å². The highest BCUT2D eigenvalue weighted by molar-refractivity contribution is 7.89. The van der Waals surface area contributed by atoms with E-state index in [0.29, 0.717) is 5.69 Å². The van der Waals surface area contributed by atoms with Crippen molar-refractivity contribution < 1.29 is 13.2 Å². The third-order valence-electron chi connectivity index (χ3n) is 2.49. The Morgan fingerprint density at radius 1 is 1.47 bits per heavy atom. The Morgan fingerprint density at radius 2 is 2.16 bits per heavy atom. The van der Waals surface area contributed by atoms with Gasteiger partial charge in [-0.25, -0.2) is 13.6 Å². The first-order valence-electron chi connectivity index (χ1n) is 5.96. The fraction of sp³-hybridized carbons (Fsp3) is 0.600. The number of nitrogens with two attached hydrogens (primary N) is 2. The summed E-state index contributed by atoms with van der Waals surface area (Å²) < 4.78 is 21.4. The highest BCUT2D eigenvalue weighted by Crippen LogP contribution is 2.15. The molecule has 0 unspecified atom stereocenters. The van der Waals surface area contributed by atoms with E-state index in [1.165, 1.54) is 0 Å². The molecule has 1 aromatic heterocycles. The Kier molecular flexibility index (Phi) is 5.31. The van der Waals surface area contributed by atoms with Crippen molar-refractivity contribution in [3.05, 3.63) is 11.4 Å². The monoisotopic (exact) mass is 289 g/mol. The molecule has 1 heterocycles. The Labute approximate surface area is 112 Å². The SMILES string of the molecule is CCCc1[nH]nc(C(=O)NCCCS(N)(=O)=O)c1N. The quantitative estimate of drug-likeness (QED) is 0.493. The van der Waals surface area contributed by atoms with Crippen LogP contribution in [0.3, 0.4) is 0 Å². The minimum atomic E-state index is -3.50. The van der Waals surface area contributed by atoms with Gasteiger partial charge in [-0.2, -0.15) is 5.10 Å². The van der Waals surface area contributed by atoms with Crippen LogP contribution in [0, 0.1) is 0 Å². The first-order valence-corrected chi connectivity index (χ1v) is 7.68. The van der Waals surface area contributed by atoms with Gasteiger partial charge in [0.15, 0.2) is 5.69 Å². The maximum absolute atomic E-state index is 11.8. The minimum Gasteiger partial charge on any atom is -0.395 e. The van der Waals surface area contributed by atoms with Crippen LogP contribution in [0.4, 0.5) is 5.69 Å². The second-order valence-electron chi connectivity index (χ2n) is 4.19. The van der Waals surface area contributed by atoms with Crippen LogP contribution in [0.5, 0.6) is 0 Å². The van der Waals surface area contributed by atoms with Crippen LogP contribution >= 0.6 is 0 Å². The van der Waals surface area contributed by atoms with E-state index in [9.17, 15) is 13.2 Å². The molecule has 0 saturated carbocycles. The van der Waals surface area contributed by atoms with Gasteiger partial charge in [0.25, 0.3) is 5.91 Å². The smallest absolute Gasteiger partial charge is 0.273 e. The van der Waals surface area contributed by atoms with Gasteiger partial charge < -0.3 is 11.1 Å². The first kappa shape index (κ1) is 15.4. The Morgan fingerprint density at radius 3 is 2.74 bits per heavy atom. The maximum Gasteiger partial charge on any atom is 0.273 e. The summed E-state index contributed by atoms with van der Waals surface area (Å²) in [5.41, 5.74) is 7.00. The fourth-order valence-electron chi connectivity index (χ4n) is 1.56. The third kappa shape index (κ3) is 4.87. The molecule has 0 radical (unpaired) electrons. The number of amides is 1. The van der Waals surface area contributed by atoms with Crippen molar-refractivity contribution in [3.8, 4) is 0 Å². The number of hydrogen-bond donors (Lipinski definition) is 4. The van der Waals surface area contributed by atoms with Gasteiger partial charge in [-0.3, -0.25) is 9.89 Å². The van der Waals surface area contributed by atoms with Crippen LogP contribution in [0.25, 0.3) is 0 Å². The second kappa shape index (κ2) is 6.53. The van der Waals surface area contributed by atoms with Crippen molar-refractivity contribution in [1.82, 2.24) is 15.5 Å². The number of H-pyrrole nitrogens is 1. The van der Waals surface area contributed by atoms with Crippen LogP contribution in [0.2, 0.25) is 0 Å². The third-order valence-corrected chi connectivity index (χ3v) is 3.35. The Balaban J connectivity index is 2.50. The number of nitrogen functional groups attached to an aromatic ring is 1. The summed E-state index contributed by atoms with van der Waals surface area (Å²) in [6.07, 6.45) is 1.86. The van der Waals surface area contributed by atoms with Crippen molar-refractivity contribution in [2.24, 2.45) is 5.14 Å². The van der Waals surface area contributed by atoms with Crippen LogP contribution in [0.1, 0.15) is 35.9 Å². The van der Waals surface area contributed by atoms with E-state index in [1.807, 2.05) is 6.92 Å². The number of anilines is 1. The van der Waals surface area contributed by atoms with E-state index < -0.39 is 15.9 Å². The predicted molar refractivity (Wildman–Crippen MR) is 71.9 cm³/mol. The van der Waals surface area contributed by atoms with Crippen molar-refractivity contribution in [2.45, 2.75) is 26.2 Å². The molecular formula is C10H19N5O3S. The standard InChI is InChI=1S/C10H19N5O3S/c1-2-4-7-8(11)9(15-14-7)10(16)13-5-3-6-19(12,17)18/h2-6,11H2,1H3,(H,13,16)(H,14,15)(H2,12,17,18). The summed E-state index contributed by atoms with van der Waals surface area (Å²) in [7, 11) is -3.50. The molecule has 0 aliphatic rings. The summed E-state index contributed by atoms with van der Waals surface area (Å²) in [6.45, 7) is 2.19. The molecular weight excluding hydrogens is 270 g/mol. The number of hydrogen-bond acceptors (Lipinski definition) is 5. The summed E-state index contributed by atoms with van der Waals surface area (Å²) in [5, 5.41) is 14.0. The number of carbonyl (C=O) groups is 1. The van der Waals surface area contributed by atoms with Crippen LogP contribution in [-0.4, -0.2) is 36.8 Å². The van der Waals surface area contributed by atoms with Crippen molar-refractivity contribution in [1.29, 1.82) is 0 Å². The molecule has 0 saturated heterocycles. The molecule has 8 nitrogen and oxygen atoms in total. The van der Waals surface area contributed by atoms with Crippen molar-refractivity contribution in [3.63, 3.8) is 0 Å². The first-order chi connectivity index (χ1) is 8.85. The van der Waals surface area contributed by atoms with Gasteiger partial charge >= 0.3 is 0 Å². The van der Waals surface area contributed by atoms with Gasteiger partial charge in [0.1, 0.15) is 0 Å². The number of sulfonamides is 1. The zero-order valence-corrected chi connectivity index (χ0v) is 11.6. The number of aromatic nitrogens is 2. The number of nitrogens with one attached hydrogen (secondary N) is 2. The molecule has 6 N–H and O–H groups in total. The largest absolute Gasteiger partial charge is 0.395 e. The maximum atomic E-state index is 11.8. The number of rotatable bonds is 7. The molecule has 108 valence electrons. The van der Waals surface area contributed by atoms with Gasteiger partial charge in [-0.05, 0) is 12.8 Å². The lowest BCUT2D eigenvalue weighted by atomic mass is 10.2. The molecule has 0 aliphatic heterocycles. The fourth-order valence-corrected chi connectivity index (χ4v) is 2.11. The highest BCUT2D eigenvalue weighted by atomic mass is 32.2. The molecule has 0 fully saturated rings. The lowest BCUT2D eigenvalue weighted by molar-refractivity contribution is 0.0949. The van der Waals surface area contributed by atoms with Crippen molar-refractivity contribution >= 4 is 21.6 Å². The van der Waals surface area contributed by atoms with Gasteiger partial charge in [-0.1, -0.05) is 13.3 Å². The Bertz CT molecular complexity index is 537. The predicted octanol–water partition coefficient (Wildman–Crippen LogP) is -0.647. The van der Waals surface area contributed by atoms with E-state index in [-0.39, 0.29) is 24.4 Å². The molecule has 1 aromatic rings. The zero-order chi connectivity index (χ0) is 14.5. The highest BCUT2D eigenvalue weighted by Gasteiger charge is 2.16. The van der Waals surface area contributed by atoms with Crippen LogP contribution in [0.15, 0.2) is 0 Å². The van der Waals surface area contributed by atoms with Gasteiger partial charge in [0.2, 0.25) is 10.0 Å². The average Bonchev–Trinajstić information content (AvgIpc) is 2.66. The number of primary sulfonamides is 1. The number of aryl methyl sites for hydroxylation is 1.